The van der Waals surface area contributed by atoms with Gasteiger partial charge in [0.15, 0.2) is 0 Å². The topological polar surface area (TPSA) is 88.2 Å². The molecule has 2 fully saturated rings. The van der Waals surface area contributed by atoms with E-state index in [4.69, 9.17) is 9.47 Å². The third-order valence-electron chi connectivity index (χ3n) is 5.21. The lowest BCUT2D eigenvalue weighted by Gasteiger charge is -2.31. The molecule has 1 aromatic rings. The molecule has 1 N–H and O–H groups in total. The smallest absolute Gasteiger partial charge is 0.243 e. The lowest BCUT2D eigenvalue weighted by Crippen LogP contribution is -2.40. The second-order valence-corrected chi connectivity index (χ2v) is 9.24. The van der Waals surface area contributed by atoms with Crippen LogP contribution in [-0.2, 0) is 24.3 Å². The fourth-order valence-electron chi connectivity index (χ4n) is 3.54. The van der Waals surface area contributed by atoms with Gasteiger partial charge in [-0.15, -0.1) is 0 Å². The molecule has 2 saturated heterocycles. The molecule has 0 spiro atoms. The largest absolute Gasteiger partial charge is 0.379 e. The number of amides is 1. The third-order valence-corrected chi connectivity index (χ3v) is 7.10. The molecule has 1 amide bonds. The van der Waals surface area contributed by atoms with Gasteiger partial charge in [0.1, 0.15) is 0 Å². The number of hydrogen-bond donors (Lipinski definition) is 1. The van der Waals surface area contributed by atoms with Crippen molar-refractivity contribution in [3.63, 3.8) is 0 Å². The van der Waals surface area contributed by atoms with Crippen LogP contribution < -0.4 is 10.2 Å². The zero-order chi connectivity index (χ0) is 20.7. The predicted molar refractivity (Wildman–Crippen MR) is 112 cm³/mol. The molecule has 0 aliphatic carbocycles. The Hall–Kier alpha value is -1.68. The average molecular weight is 426 g/mol. The minimum absolute atomic E-state index is 0.0890. The summed E-state index contributed by atoms with van der Waals surface area (Å²) < 4.78 is 38.2. The number of benzene rings is 1. The second-order valence-electron chi connectivity index (χ2n) is 7.30. The van der Waals surface area contributed by atoms with Crippen molar-refractivity contribution in [2.45, 2.75) is 37.5 Å². The Balaban J connectivity index is 1.86. The maximum atomic E-state index is 13.0. The molecule has 0 radical (unpaired) electrons. The lowest BCUT2D eigenvalue weighted by molar-refractivity contribution is -0.116. The number of morpholine rings is 2. The average Bonchev–Trinajstić information content (AvgIpc) is 2.75. The van der Waals surface area contributed by atoms with Crippen molar-refractivity contribution < 1.29 is 22.7 Å². The first-order chi connectivity index (χ1) is 14.0. The number of nitrogens with zero attached hydrogens (tertiary/aromatic N) is 2. The van der Waals surface area contributed by atoms with Crippen molar-refractivity contribution in [2.24, 2.45) is 0 Å². The van der Waals surface area contributed by atoms with Crippen molar-refractivity contribution in [3.8, 4) is 0 Å². The standard InChI is InChI=1S/C20H31N3O5S/c1-2-3-4-5-20(24)21-18-16-17(29(25,26)23-10-14-28-15-11-23)6-7-19(18)22-8-12-27-13-9-22/h6-7,16H,2-5,8-15H2,1H3,(H,21,24). The van der Waals surface area contributed by atoms with Crippen molar-refractivity contribution >= 4 is 27.3 Å². The number of ether oxygens (including phenoxy) is 2. The summed E-state index contributed by atoms with van der Waals surface area (Å²) in [5, 5.41) is 2.95. The van der Waals surface area contributed by atoms with Crippen LogP contribution in [0.25, 0.3) is 0 Å². The summed E-state index contributed by atoms with van der Waals surface area (Å²) in [6.07, 6.45) is 3.28. The number of anilines is 2. The maximum Gasteiger partial charge on any atom is 0.243 e. The molecular formula is C20H31N3O5S. The quantitative estimate of drug-likeness (QED) is 0.642. The summed E-state index contributed by atoms with van der Waals surface area (Å²) in [6.45, 7) is 6.18. The van der Waals surface area contributed by atoms with Crippen LogP contribution in [0.15, 0.2) is 23.1 Å². The van der Waals surface area contributed by atoms with E-state index < -0.39 is 10.0 Å². The van der Waals surface area contributed by atoms with Gasteiger partial charge < -0.3 is 19.7 Å². The number of hydrogen-bond acceptors (Lipinski definition) is 6. The van der Waals surface area contributed by atoms with Gasteiger partial charge in [0.05, 0.1) is 42.7 Å². The Morgan fingerprint density at radius 1 is 1.03 bits per heavy atom. The number of rotatable bonds is 8. The molecule has 0 atom stereocenters. The normalized spacial score (nSPS) is 18.6. The summed E-state index contributed by atoms with van der Waals surface area (Å²) in [5.74, 6) is -0.0890. The SMILES string of the molecule is CCCCCC(=O)Nc1cc(S(=O)(=O)N2CCOCC2)ccc1N1CCOCC1. The van der Waals surface area contributed by atoms with Gasteiger partial charge in [-0.3, -0.25) is 4.79 Å². The Morgan fingerprint density at radius 2 is 1.69 bits per heavy atom. The van der Waals surface area contributed by atoms with E-state index in [9.17, 15) is 13.2 Å². The number of carbonyl (C=O) groups excluding carboxylic acids is 1. The van der Waals surface area contributed by atoms with E-state index in [0.29, 0.717) is 64.7 Å². The van der Waals surface area contributed by atoms with E-state index in [1.54, 1.807) is 18.2 Å². The van der Waals surface area contributed by atoms with Crippen LogP contribution in [0, 0.1) is 0 Å². The summed E-state index contributed by atoms with van der Waals surface area (Å²) in [4.78, 5) is 14.8. The number of carbonyl (C=O) groups is 1. The highest BCUT2D eigenvalue weighted by atomic mass is 32.2. The molecule has 3 rings (SSSR count). The monoisotopic (exact) mass is 425 g/mol. The number of nitrogens with one attached hydrogen (secondary N) is 1. The predicted octanol–water partition coefficient (Wildman–Crippen LogP) is 2.06. The van der Waals surface area contributed by atoms with Gasteiger partial charge in [0, 0.05) is 32.6 Å². The minimum Gasteiger partial charge on any atom is -0.379 e. The van der Waals surface area contributed by atoms with Gasteiger partial charge in [-0.1, -0.05) is 19.8 Å². The van der Waals surface area contributed by atoms with Crippen LogP contribution in [-0.4, -0.2) is 71.2 Å². The van der Waals surface area contributed by atoms with Crippen LogP contribution in [0.4, 0.5) is 11.4 Å². The van der Waals surface area contributed by atoms with E-state index in [1.807, 2.05) is 0 Å². The summed E-state index contributed by atoms with van der Waals surface area (Å²) in [7, 11) is -3.63. The molecule has 162 valence electrons. The highest BCUT2D eigenvalue weighted by Gasteiger charge is 2.28. The summed E-state index contributed by atoms with van der Waals surface area (Å²) >= 11 is 0. The van der Waals surface area contributed by atoms with Gasteiger partial charge in [-0.25, -0.2) is 8.42 Å². The Bertz CT molecular complexity index is 787. The lowest BCUT2D eigenvalue weighted by atomic mass is 10.2. The first-order valence-corrected chi connectivity index (χ1v) is 11.8. The number of sulfonamides is 1. The number of unbranched alkanes of at least 4 members (excludes halogenated alkanes) is 2. The Kier molecular flexibility index (Phi) is 7.88. The van der Waals surface area contributed by atoms with Gasteiger partial charge >= 0.3 is 0 Å². The van der Waals surface area contributed by atoms with Crippen molar-refractivity contribution in [1.29, 1.82) is 0 Å². The molecule has 1 aromatic carbocycles. The summed E-state index contributed by atoms with van der Waals surface area (Å²) in [6, 6.07) is 5.01. The fraction of sp³-hybridized carbons (Fsp3) is 0.650. The van der Waals surface area contributed by atoms with Crippen LogP contribution in [0.5, 0.6) is 0 Å². The molecule has 2 aliphatic heterocycles. The first kappa shape index (κ1) is 22.0. The Labute approximate surface area is 173 Å². The van der Waals surface area contributed by atoms with Gasteiger partial charge in [0.25, 0.3) is 0 Å². The molecule has 9 heteroatoms. The van der Waals surface area contributed by atoms with Gasteiger partial charge in [-0.05, 0) is 24.6 Å². The van der Waals surface area contributed by atoms with Crippen LogP contribution in [0.2, 0.25) is 0 Å². The zero-order valence-electron chi connectivity index (χ0n) is 17.1. The van der Waals surface area contributed by atoms with E-state index in [-0.39, 0.29) is 10.8 Å². The van der Waals surface area contributed by atoms with E-state index >= 15 is 0 Å². The second kappa shape index (κ2) is 10.4. The maximum absolute atomic E-state index is 13.0. The van der Waals surface area contributed by atoms with E-state index in [0.717, 1.165) is 24.9 Å². The zero-order valence-corrected chi connectivity index (χ0v) is 17.9. The fourth-order valence-corrected chi connectivity index (χ4v) is 4.97. The molecular weight excluding hydrogens is 394 g/mol. The molecule has 0 aromatic heterocycles. The minimum atomic E-state index is -3.63. The van der Waals surface area contributed by atoms with Gasteiger partial charge in [0.2, 0.25) is 15.9 Å². The molecule has 2 aliphatic rings. The van der Waals surface area contributed by atoms with E-state index in [1.165, 1.54) is 4.31 Å². The third kappa shape index (κ3) is 5.69. The van der Waals surface area contributed by atoms with Crippen molar-refractivity contribution in [2.75, 3.05) is 62.8 Å². The molecule has 8 nitrogen and oxygen atoms in total. The van der Waals surface area contributed by atoms with Crippen molar-refractivity contribution in [3.05, 3.63) is 18.2 Å². The molecule has 0 unspecified atom stereocenters. The molecule has 0 saturated carbocycles. The first-order valence-electron chi connectivity index (χ1n) is 10.4. The summed E-state index contributed by atoms with van der Waals surface area (Å²) in [5.41, 5.74) is 1.38. The van der Waals surface area contributed by atoms with E-state index in [2.05, 4.69) is 17.1 Å². The van der Waals surface area contributed by atoms with Crippen molar-refractivity contribution in [1.82, 2.24) is 4.31 Å². The molecule has 29 heavy (non-hydrogen) atoms. The Morgan fingerprint density at radius 3 is 2.34 bits per heavy atom. The van der Waals surface area contributed by atoms with Crippen LogP contribution >= 0.6 is 0 Å². The highest BCUT2D eigenvalue weighted by molar-refractivity contribution is 7.89. The highest BCUT2D eigenvalue weighted by Crippen LogP contribution is 2.31. The van der Waals surface area contributed by atoms with Crippen LogP contribution in [0.1, 0.15) is 32.6 Å². The molecule has 0 bridgehead atoms. The van der Waals surface area contributed by atoms with Crippen LogP contribution in [0.3, 0.4) is 0 Å². The van der Waals surface area contributed by atoms with Gasteiger partial charge in [-0.2, -0.15) is 4.31 Å². The molecule has 2 heterocycles.